The Kier molecular flexibility index (Phi) is 3.55. The molecule has 0 aliphatic carbocycles. The van der Waals surface area contributed by atoms with Crippen LogP contribution in [0, 0.1) is 0 Å². The number of likely N-dealkylation sites (tertiary alicyclic amines) is 1. The maximum atomic E-state index is 11.2. The average Bonchev–Trinajstić information content (AvgIpc) is 3.05. The van der Waals surface area contributed by atoms with Crippen molar-refractivity contribution < 1.29 is 9.90 Å². The molecule has 2 aliphatic rings. The molecule has 0 amide bonds. The number of carboxylic acid groups (broad SMARTS) is 1. The van der Waals surface area contributed by atoms with Crippen molar-refractivity contribution in [2.45, 2.75) is 44.6 Å². The first kappa shape index (κ1) is 12.7. The maximum absolute atomic E-state index is 11.2. The standard InChI is InChI=1S/C14H21N3O2/c18-14(19)11-4-3-8-17-12(11)10-15-13(17)5-9-16-6-1-2-7-16/h10-11H,1-9H2,(H,18,19). The molecule has 1 saturated heterocycles. The van der Waals surface area contributed by atoms with E-state index in [0.29, 0.717) is 0 Å². The van der Waals surface area contributed by atoms with Gasteiger partial charge >= 0.3 is 5.97 Å². The van der Waals surface area contributed by atoms with Gasteiger partial charge in [-0.05, 0) is 38.8 Å². The first-order chi connectivity index (χ1) is 9.25. The van der Waals surface area contributed by atoms with Gasteiger partial charge in [-0.2, -0.15) is 0 Å². The van der Waals surface area contributed by atoms with Crippen molar-refractivity contribution in [2.75, 3.05) is 19.6 Å². The molecule has 1 N–H and O–H groups in total. The molecule has 19 heavy (non-hydrogen) atoms. The normalized spacial score (nSPS) is 23.5. The fraction of sp³-hybridized carbons (Fsp3) is 0.714. The van der Waals surface area contributed by atoms with Crippen molar-refractivity contribution in [2.24, 2.45) is 0 Å². The first-order valence-electron chi connectivity index (χ1n) is 7.25. The number of hydrogen-bond acceptors (Lipinski definition) is 3. The SMILES string of the molecule is O=C(O)C1CCCn2c1cnc2CCN1CCCC1. The number of carbonyl (C=O) groups is 1. The summed E-state index contributed by atoms with van der Waals surface area (Å²) in [6, 6.07) is 0. The van der Waals surface area contributed by atoms with Crippen LogP contribution in [-0.4, -0.2) is 45.2 Å². The van der Waals surface area contributed by atoms with Crippen LogP contribution in [0.3, 0.4) is 0 Å². The van der Waals surface area contributed by atoms with Gasteiger partial charge in [0.1, 0.15) is 5.82 Å². The average molecular weight is 263 g/mol. The summed E-state index contributed by atoms with van der Waals surface area (Å²) < 4.78 is 2.14. The smallest absolute Gasteiger partial charge is 0.312 e. The zero-order valence-corrected chi connectivity index (χ0v) is 11.2. The molecular formula is C14H21N3O2. The molecule has 3 rings (SSSR count). The number of hydrogen-bond donors (Lipinski definition) is 1. The third-order valence-corrected chi connectivity index (χ3v) is 4.35. The van der Waals surface area contributed by atoms with Crippen molar-refractivity contribution in [3.63, 3.8) is 0 Å². The summed E-state index contributed by atoms with van der Waals surface area (Å²) >= 11 is 0. The fourth-order valence-corrected chi connectivity index (χ4v) is 3.28. The van der Waals surface area contributed by atoms with Crippen LogP contribution >= 0.6 is 0 Å². The van der Waals surface area contributed by atoms with Crippen LogP contribution in [0.2, 0.25) is 0 Å². The molecule has 0 spiro atoms. The lowest BCUT2D eigenvalue weighted by Crippen LogP contribution is -2.25. The minimum absolute atomic E-state index is 0.359. The highest BCUT2D eigenvalue weighted by molar-refractivity contribution is 5.75. The van der Waals surface area contributed by atoms with Crippen LogP contribution in [0.25, 0.3) is 0 Å². The molecular weight excluding hydrogens is 242 g/mol. The van der Waals surface area contributed by atoms with Crippen molar-refractivity contribution in [3.8, 4) is 0 Å². The summed E-state index contributed by atoms with van der Waals surface area (Å²) in [5.74, 6) is -0.0124. The summed E-state index contributed by atoms with van der Waals surface area (Å²) in [5.41, 5.74) is 0.898. The van der Waals surface area contributed by atoms with Gasteiger partial charge in [0.15, 0.2) is 0 Å². The molecule has 0 radical (unpaired) electrons. The topological polar surface area (TPSA) is 58.4 Å². The van der Waals surface area contributed by atoms with E-state index in [4.69, 9.17) is 0 Å². The number of nitrogens with zero attached hydrogens (tertiary/aromatic N) is 3. The van der Waals surface area contributed by atoms with E-state index in [9.17, 15) is 9.90 Å². The number of carboxylic acids is 1. The van der Waals surface area contributed by atoms with E-state index in [0.717, 1.165) is 43.9 Å². The van der Waals surface area contributed by atoms with E-state index in [-0.39, 0.29) is 5.92 Å². The second kappa shape index (κ2) is 5.33. The number of imidazole rings is 1. The van der Waals surface area contributed by atoms with E-state index < -0.39 is 5.97 Å². The largest absolute Gasteiger partial charge is 0.481 e. The Morgan fingerprint density at radius 2 is 2.11 bits per heavy atom. The zero-order valence-electron chi connectivity index (χ0n) is 11.2. The monoisotopic (exact) mass is 263 g/mol. The lowest BCUT2D eigenvalue weighted by molar-refractivity contribution is -0.139. The second-order valence-electron chi connectivity index (χ2n) is 5.58. The summed E-state index contributed by atoms with van der Waals surface area (Å²) in [5, 5.41) is 9.25. The molecule has 2 aliphatic heterocycles. The van der Waals surface area contributed by atoms with Crippen LogP contribution in [0.1, 0.15) is 43.1 Å². The predicted octanol–water partition coefficient (Wildman–Crippen LogP) is 1.48. The number of aromatic nitrogens is 2. The third-order valence-electron chi connectivity index (χ3n) is 4.35. The summed E-state index contributed by atoms with van der Waals surface area (Å²) in [4.78, 5) is 18.2. The van der Waals surface area contributed by atoms with Gasteiger partial charge < -0.3 is 14.6 Å². The van der Waals surface area contributed by atoms with Crippen molar-refractivity contribution >= 4 is 5.97 Å². The van der Waals surface area contributed by atoms with Crippen LogP contribution in [0.15, 0.2) is 6.20 Å². The quantitative estimate of drug-likeness (QED) is 0.894. The van der Waals surface area contributed by atoms with Gasteiger partial charge in [0, 0.05) is 25.7 Å². The molecule has 1 fully saturated rings. The van der Waals surface area contributed by atoms with Crippen molar-refractivity contribution in [1.29, 1.82) is 0 Å². The molecule has 3 heterocycles. The zero-order chi connectivity index (χ0) is 13.2. The van der Waals surface area contributed by atoms with Crippen LogP contribution in [-0.2, 0) is 17.8 Å². The lowest BCUT2D eigenvalue weighted by atomic mass is 9.96. The molecule has 1 unspecified atom stereocenters. The third kappa shape index (κ3) is 2.52. The minimum atomic E-state index is -0.716. The van der Waals surface area contributed by atoms with Crippen LogP contribution < -0.4 is 0 Å². The summed E-state index contributed by atoms with van der Waals surface area (Å²) in [6.07, 6.45) is 7.01. The van der Waals surface area contributed by atoms with Crippen LogP contribution in [0.4, 0.5) is 0 Å². The molecule has 5 heteroatoms. The summed E-state index contributed by atoms with van der Waals surface area (Å²) in [6.45, 7) is 4.37. The maximum Gasteiger partial charge on any atom is 0.312 e. The molecule has 0 saturated carbocycles. The lowest BCUT2D eigenvalue weighted by Gasteiger charge is -2.23. The fourth-order valence-electron chi connectivity index (χ4n) is 3.28. The molecule has 104 valence electrons. The molecule has 5 nitrogen and oxygen atoms in total. The Labute approximate surface area is 113 Å². The van der Waals surface area contributed by atoms with Crippen molar-refractivity contribution in [3.05, 3.63) is 17.7 Å². The first-order valence-corrected chi connectivity index (χ1v) is 7.25. The van der Waals surface area contributed by atoms with Crippen molar-refractivity contribution in [1.82, 2.24) is 14.5 Å². The highest BCUT2D eigenvalue weighted by Crippen LogP contribution is 2.28. The summed E-state index contributed by atoms with van der Waals surface area (Å²) in [7, 11) is 0. The van der Waals surface area contributed by atoms with Gasteiger partial charge in [-0.3, -0.25) is 4.79 Å². The number of fused-ring (bicyclic) bond motifs is 1. The second-order valence-corrected chi connectivity index (χ2v) is 5.58. The van der Waals surface area contributed by atoms with E-state index in [1.54, 1.807) is 6.20 Å². The van der Waals surface area contributed by atoms with Gasteiger partial charge in [-0.25, -0.2) is 4.98 Å². The van der Waals surface area contributed by atoms with Crippen LogP contribution in [0.5, 0.6) is 0 Å². The Bertz CT molecular complexity index is 463. The van der Waals surface area contributed by atoms with Gasteiger partial charge in [0.05, 0.1) is 11.6 Å². The molecule has 1 atom stereocenters. The molecule has 1 aromatic heterocycles. The Morgan fingerprint density at radius 3 is 2.84 bits per heavy atom. The highest BCUT2D eigenvalue weighted by atomic mass is 16.4. The Balaban J connectivity index is 1.71. The van der Waals surface area contributed by atoms with E-state index in [2.05, 4.69) is 14.5 Å². The molecule has 0 aromatic carbocycles. The van der Waals surface area contributed by atoms with Gasteiger partial charge in [-0.1, -0.05) is 0 Å². The number of aliphatic carboxylic acids is 1. The van der Waals surface area contributed by atoms with E-state index in [1.807, 2.05) is 0 Å². The van der Waals surface area contributed by atoms with E-state index in [1.165, 1.54) is 25.9 Å². The Hall–Kier alpha value is -1.36. The van der Waals surface area contributed by atoms with E-state index >= 15 is 0 Å². The highest BCUT2D eigenvalue weighted by Gasteiger charge is 2.28. The minimum Gasteiger partial charge on any atom is -0.481 e. The Morgan fingerprint density at radius 1 is 1.32 bits per heavy atom. The van der Waals surface area contributed by atoms with Gasteiger partial charge in [0.25, 0.3) is 0 Å². The predicted molar refractivity (Wildman–Crippen MR) is 71.2 cm³/mol. The van der Waals surface area contributed by atoms with Gasteiger partial charge in [-0.15, -0.1) is 0 Å². The number of rotatable bonds is 4. The molecule has 1 aromatic rings. The molecule has 0 bridgehead atoms. The van der Waals surface area contributed by atoms with Gasteiger partial charge in [0.2, 0.25) is 0 Å².